The fourth-order valence-electron chi connectivity index (χ4n) is 1.74. The van der Waals surface area contributed by atoms with Gasteiger partial charge in [-0.15, -0.1) is 0 Å². The molecule has 0 atom stereocenters. The van der Waals surface area contributed by atoms with E-state index >= 15 is 0 Å². The number of hydrogen-bond acceptors (Lipinski definition) is 2. The number of carbonyl (C=O) groups excluding carboxylic acids is 1. The quantitative estimate of drug-likeness (QED) is 0.893. The summed E-state index contributed by atoms with van der Waals surface area (Å²) < 4.78 is 1.86. The van der Waals surface area contributed by atoms with E-state index in [1.807, 2.05) is 41.2 Å². The molecule has 0 unspecified atom stereocenters. The molecule has 2 rings (SSSR count). The Balaban J connectivity index is 1.96. The van der Waals surface area contributed by atoms with E-state index in [-0.39, 0.29) is 5.91 Å². The van der Waals surface area contributed by atoms with Crippen molar-refractivity contribution in [2.45, 2.75) is 20.4 Å². The van der Waals surface area contributed by atoms with Gasteiger partial charge in [0.1, 0.15) is 0 Å². The molecule has 0 spiro atoms. The molecule has 0 aliphatic rings. The van der Waals surface area contributed by atoms with Gasteiger partial charge in [0.15, 0.2) is 0 Å². The largest absolute Gasteiger partial charge is 0.352 e. The normalized spacial score (nSPS) is 10.7. The molecule has 1 aromatic carbocycles. The van der Waals surface area contributed by atoms with Crippen LogP contribution in [0, 0.1) is 5.92 Å². The van der Waals surface area contributed by atoms with Crippen molar-refractivity contribution in [3.63, 3.8) is 0 Å². The maximum atomic E-state index is 11.8. The van der Waals surface area contributed by atoms with Crippen molar-refractivity contribution in [3.05, 3.63) is 53.9 Å². The zero-order chi connectivity index (χ0) is 13.7. The highest BCUT2D eigenvalue weighted by molar-refractivity contribution is 5.94. The number of nitrogens with zero attached hydrogens (tertiary/aromatic N) is 2. The number of carbonyl (C=O) groups is 1. The summed E-state index contributed by atoms with van der Waals surface area (Å²) in [6.07, 6.45) is 3.68. The Hall–Kier alpha value is -2.10. The Morgan fingerprint density at radius 1 is 1.32 bits per heavy atom. The van der Waals surface area contributed by atoms with E-state index in [1.54, 1.807) is 6.20 Å². The molecule has 0 saturated heterocycles. The number of aromatic nitrogens is 2. The second-order valence-electron chi connectivity index (χ2n) is 5.00. The second kappa shape index (κ2) is 6.18. The lowest BCUT2D eigenvalue weighted by Gasteiger charge is -2.08. The Morgan fingerprint density at radius 2 is 2.05 bits per heavy atom. The SMILES string of the molecule is CC(C)CNC(=O)c1ccc(Cn2cccn2)cc1. The summed E-state index contributed by atoms with van der Waals surface area (Å²) in [6.45, 7) is 5.58. The first-order valence-electron chi connectivity index (χ1n) is 6.49. The van der Waals surface area contributed by atoms with Crippen LogP contribution in [0.3, 0.4) is 0 Å². The molecule has 0 saturated carbocycles. The minimum atomic E-state index is -0.0145. The molecule has 1 amide bonds. The molecule has 0 radical (unpaired) electrons. The molecule has 4 heteroatoms. The Kier molecular flexibility index (Phi) is 4.34. The number of benzene rings is 1. The molecule has 0 fully saturated rings. The molecule has 1 N–H and O–H groups in total. The number of rotatable bonds is 5. The average molecular weight is 257 g/mol. The van der Waals surface area contributed by atoms with Crippen molar-refractivity contribution in [2.75, 3.05) is 6.54 Å². The van der Waals surface area contributed by atoms with Crippen LogP contribution in [0.15, 0.2) is 42.7 Å². The summed E-state index contributed by atoms with van der Waals surface area (Å²) in [5, 5.41) is 7.06. The van der Waals surface area contributed by atoms with Gasteiger partial charge in [-0.2, -0.15) is 5.10 Å². The Bertz CT molecular complexity index is 515. The highest BCUT2D eigenvalue weighted by Crippen LogP contribution is 2.06. The van der Waals surface area contributed by atoms with E-state index in [0.717, 1.165) is 12.1 Å². The van der Waals surface area contributed by atoms with Gasteiger partial charge in [0.25, 0.3) is 5.91 Å². The van der Waals surface area contributed by atoms with E-state index < -0.39 is 0 Å². The van der Waals surface area contributed by atoms with E-state index in [1.165, 1.54) is 0 Å². The lowest BCUT2D eigenvalue weighted by atomic mass is 10.1. The zero-order valence-electron chi connectivity index (χ0n) is 11.3. The first kappa shape index (κ1) is 13.3. The van der Waals surface area contributed by atoms with Crippen molar-refractivity contribution in [1.82, 2.24) is 15.1 Å². The topological polar surface area (TPSA) is 46.9 Å². The Morgan fingerprint density at radius 3 is 2.63 bits per heavy atom. The van der Waals surface area contributed by atoms with Crippen molar-refractivity contribution in [3.8, 4) is 0 Å². The summed E-state index contributed by atoms with van der Waals surface area (Å²) in [5.41, 5.74) is 1.83. The first-order valence-corrected chi connectivity index (χ1v) is 6.49. The molecule has 1 aromatic heterocycles. The van der Waals surface area contributed by atoms with Crippen LogP contribution in [0.5, 0.6) is 0 Å². The van der Waals surface area contributed by atoms with Crippen LogP contribution < -0.4 is 5.32 Å². The van der Waals surface area contributed by atoms with E-state index in [0.29, 0.717) is 18.0 Å². The lowest BCUT2D eigenvalue weighted by molar-refractivity contribution is 0.0949. The van der Waals surface area contributed by atoms with E-state index in [4.69, 9.17) is 0 Å². The van der Waals surface area contributed by atoms with Gasteiger partial charge in [-0.25, -0.2) is 0 Å². The second-order valence-corrected chi connectivity index (χ2v) is 5.00. The van der Waals surface area contributed by atoms with E-state index in [2.05, 4.69) is 24.3 Å². The van der Waals surface area contributed by atoms with Crippen LogP contribution in [-0.4, -0.2) is 22.2 Å². The van der Waals surface area contributed by atoms with Gasteiger partial charge in [-0.05, 0) is 29.7 Å². The molecular formula is C15H19N3O. The van der Waals surface area contributed by atoms with Crippen molar-refractivity contribution >= 4 is 5.91 Å². The van der Waals surface area contributed by atoms with Gasteiger partial charge in [-0.1, -0.05) is 26.0 Å². The van der Waals surface area contributed by atoms with Gasteiger partial charge in [0, 0.05) is 24.5 Å². The van der Waals surface area contributed by atoms with Gasteiger partial charge in [0.05, 0.1) is 6.54 Å². The van der Waals surface area contributed by atoms with Gasteiger partial charge in [-0.3, -0.25) is 9.48 Å². The van der Waals surface area contributed by atoms with Gasteiger partial charge < -0.3 is 5.32 Å². The first-order chi connectivity index (χ1) is 9.15. The highest BCUT2D eigenvalue weighted by Gasteiger charge is 2.05. The van der Waals surface area contributed by atoms with Crippen LogP contribution >= 0.6 is 0 Å². The van der Waals surface area contributed by atoms with Gasteiger partial charge >= 0.3 is 0 Å². The average Bonchev–Trinajstić information content (AvgIpc) is 2.89. The van der Waals surface area contributed by atoms with Crippen LogP contribution in [0.1, 0.15) is 29.8 Å². The van der Waals surface area contributed by atoms with Crippen LogP contribution in [0.4, 0.5) is 0 Å². The van der Waals surface area contributed by atoms with Crippen molar-refractivity contribution in [2.24, 2.45) is 5.92 Å². The van der Waals surface area contributed by atoms with Crippen LogP contribution in [0.2, 0.25) is 0 Å². The van der Waals surface area contributed by atoms with Crippen LogP contribution in [0.25, 0.3) is 0 Å². The molecule has 2 aromatic rings. The zero-order valence-corrected chi connectivity index (χ0v) is 11.3. The molecule has 1 heterocycles. The smallest absolute Gasteiger partial charge is 0.251 e. The molecule has 0 aliphatic heterocycles. The minimum Gasteiger partial charge on any atom is -0.352 e. The molecular weight excluding hydrogens is 238 g/mol. The predicted molar refractivity (Wildman–Crippen MR) is 74.9 cm³/mol. The van der Waals surface area contributed by atoms with E-state index in [9.17, 15) is 4.79 Å². The van der Waals surface area contributed by atoms with Crippen LogP contribution in [-0.2, 0) is 6.54 Å². The fraction of sp³-hybridized carbons (Fsp3) is 0.333. The maximum Gasteiger partial charge on any atom is 0.251 e. The summed E-state index contributed by atoms with van der Waals surface area (Å²) >= 11 is 0. The maximum absolute atomic E-state index is 11.8. The monoisotopic (exact) mass is 257 g/mol. The molecule has 19 heavy (non-hydrogen) atoms. The summed E-state index contributed by atoms with van der Waals surface area (Å²) in [5.74, 6) is 0.447. The summed E-state index contributed by atoms with van der Waals surface area (Å²) in [4.78, 5) is 11.8. The predicted octanol–water partition coefficient (Wildman–Crippen LogP) is 2.32. The molecule has 4 nitrogen and oxygen atoms in total. The number of amides is 1. The third-order valence-corrected chi connectivity index (χ3v) is 2.79. The molecule has 0 bridgehead atoms. The van der Waals surface area contributed by atoms with Gasteiger partial charge in [0.2, 0.25) is 0 Å². The third-order valence-electron chi connectivity index (χ3n) is 2.79. The lowest BCUT2D eigenvalue weighted by Crippen LogP contribution is -2.27. The fourth-order valence-corrected chi connectivity index (χ4v) is 1.74. The molecule has 0 aliphatic carbocycles. The summed E-state index contributed by atoms with van der Waals surface area (Å²) in [7, 11) is 0. The van der Waals surface area contributed by atoms with Crippen molar-refractivity contribution in [1.29, 1.82) is 0 Å². The highest BCUT2D eigenvalue weighted by atomic mass is 16.1. The third kappa shape index (κ3) is 3.95. The standard InChI is InChI=1S/C15H19N3O/c1-12(2)10-16-15(19)14-6-4-13(5-7-14)11-18-9-3-8-17-18/h3-9,12H,10-11H2,1-2H3,(H,16,19). The minimum absolute atomic E-state index is 0.0145. The number of nitrogens with one attached hydrogen (secondary N) is 1. The Labute approximate surface area is 113 Å². The van der Waals surface area contributed by atoms with Crippen molar-refractivity contribution < 1.29 is 4.79 Å². The molecule has 100 valence electrons. The summed E-state index contributed by atoms with van der Waals surface area (Å²) in [6, 6.07) is 9.54. The number of hydrogen-bond donors (Lipinski definition) is 1.